The highest BCUT2D eigenvalue weighted by atomic mass is 35.5. The average molecular weight is 285 g/mol. The first kappa shape index (κ1) is 14.2. The number of allylic oxidation sites excluding steroid dienone is 1. The van der Waals surface area contributed by atoms with E-state index in [0.29, 0.717) is 0 Å². The highest BCUT2D eigenvalue weighted by Gasteiger charge is 2.35. The third-order valence-corrected chi connectivity index (χ3v) is 2.25. The smallest absolute Gasteiger partial charge is 0.321 e. The largest absolute Gasteiger partial charge is 0.418 e. The lowest BCUT2D eigenvalue weighted by atomic mass is 10.1. The molecule has 0 atom stereocenters. The van der Waals surface area contributed by atoms with Crippen LogP contribution in [0.25, 0.3) is 5.57 Å². The summed E-state index contributed by atoms with van der Waals surface area (Å²) in [7, 11) is 1.29. The summed E-state index contributed by atoms with van der Waals surface area (Å²) in [5.74, 6) is 5.19. The van der Waals surface area contributed by atoms with Crippen molar-refractivity contribution in [1.82, 2.24) is 5.01 Å². The molecule has 0 saturated carbocycles. The molecule has 0 bridgehead atoms. The monoisotopic (exact) mass is 284 g/mol. The van der Waals surface area contributed by atoms with Crippen LogP contribution in [0.3, 0.4) is 0 Å². The number of rotatable bonds is 2. The van der Waals surface area contributed by atoms with Crippen molar-refractivity contribution in [1.29, 1.82) is 0 Å². The summed E-state index contributed by atoms with van der Waals surface area (Å²) in [6, 6.07) is 3.71. The summed E-state index contributed by atoms with van der Waals surface area (Å²) in [5.41, 5.74) is -1.04. The normalized spacial score (nSPS) is 12.8. The minimum absolute atomic E-state index is 0.127. The van der Waals surface area contributed by atoms with Crippen molar-refractivity contribution >= 4 is 28.8 Å². The third kappa shape index (κ3) is 4.11. The van der Waals surface area contributed by atoms with Gasteiger partial charge in [0.1, 0.15) is 0 Å². The molecule has 0 aliphatic rings. The lowest BCUT2D eigenvalue weighted by Gasteiger charge is -2.15. The van der Waals surface area contributed by atoms with Crippen LogP contribution in [0.1, 0.15) is 5.56 Å². The van der Waals surface area contributed by atoms with Gasteiger partial charge in [-0.05, 0) is 23.8 Å². The van der Waals surface area contributed by atoms with Gasteiger partial charge < -0.3 is 5.01 Å². The van der Waals surface area contributed by atoms with Crippen LogP contribution in [0, 0.1) is 0 Å². The lowest BCUT2D eigenvalue weighted by molar-refractivity contribution is -0.0695. The quantitative estimate of drug-likeness (QED) is 0.663. The topological polar surface area (TPSA) is 29.3 Å². The number of hydrazine groups is 1. The highest BCUT2D eigenvalue weighted by Crippen LogP contribution is 2.36. The Morgan fingerprint density at radius 2 is 1.71 bits per heavy atom. The molecule has 0 spiro atoms. The van der Waals surface area contributed by atoms with Crippen LogP contribution < -0.4 is 5.84 Å². The fourth-order valence-electron chi connectivity index (χ4n) is 1.22. The molecule has 0 aliphatic heterocycles. The van der Waals surface area contributed by atoms with Crippen molar-refractivity contribution in [3.63, 3.8) is 0 Å². The summed E-state index contributed by atoms with van der Waals surface area (Å²) < 4.78 is 38.4. The Hall–Kier alpha value is -0.910. The molecule has 0 aromatic heterocycles. The molecule has 0 aliphatic carbocycles. The van der Waals surface area contributed by atoms with Gasteiger partial charge in [0.05, 0.1) is 5.57 Å². The maximum atomic E-state index is 12.8. The summed E-state index contributed by atoms with van der Waals surface area (Å²) in [4.78, 5) is 0. The molecule has 0 fully saturated rings. The van der Waals surface area contributed by atoms with Gasteiger partial charge in [0.15, 0.2) is 0 Å². The van der Waals surface area contributed by atoms with Gasteiger partial charge in [0.25, 0.3) is 0 Å². The van der Waals surface area contributed by atoms with E-state index >= 15 is 0 Å². The van der Waals surface area contributed by atoms with Crippen LogP contribution in [-0.2, 0) is 0 Å². The molecule has 0 saturated heterocycles. The number of alkyl halides is 3. The predicted molar refractivity (Wildman–Crippen MR) is 62.4 cm³/mol. The van der Waals surface area contributed by atoms with E-state index in [4.69, 9.17) is 29.0 Å². The molecule has 2 nitrogen and oxygen atoms in total. The first-order valence-electron chi connectivity index (χ1n) is 4.43. The van der Waals surface area contributed by atoms with Gasteiger partial charge >= 0.3 is 6.18 Å². The molecule has 2 N–H and O–H groups in total. The third-order valence-electron chi connectivity index (χ3n) is 1.81. The van der Waals surface area contributed by atoms with Crippen molar-refractivity contribution in [2.45, 2.75) is 6.18 Å². The summed E-state index contributed by atoms with van der Waals surface area (Å²) >= 11 is 11.3. The molecule has 94 valence electrons. The summed E-state index contributed by atoms with van der Waals surface area (Å²) in [6.45, 7) is 0. The van der Waals surface area contributed by atoms with E-state index in [-0.39, 0.29) is 15.6 Å². The molecular weight excluding hydrogens is 276 g/mol. The second-order valence-electron chi connectivity index (χ2n) is 3.36. The van der Waals surface area contributed by atoms with Crippen molar-refractivity contribution in [3.05, 3.63) is 40.0 Å². The first-order valence-corrected chi connectivity index (χ1v) is 5.19. The Kier molecular flexibility index (Phi) is 4.30. The van der Waals surface area contributed by atoms with E-state index in [9.17, 15) is 13.2 Å². The van der Waals surface area contributed by atoms with Crippen LogP contribution in [-0.4, -0.2) is 18.2 Å². The zero-order valence-electron chi connectivity index (χ0n) is 8.72. The van der Waals surface area contributed by atoms with Crippen molar-refractivity contribution in [2.24, 2.45) is 5.84 Å². The minimum atomic E-state index is -4.54. The maximum Gasteiger partial charge on any atom is 0.418 e. The molecule has 0 amide bonds. The molecular formula is C10H9Cl2F3N2. The van der Waals surface area contributed by atoms with E-state index in [2.05, 4.69) is 0 Å². The van der Waals surface area contributed by atoms with Crippen LogP contribution in [0.5, 0.6) is 0 Å². The number of nitrogens with two attached hydrogens (primary N) is 1. The number of halogens is 5. The van der Waals surface area contributed by atoms with Crippen LogP contribution in [0.15, 0.2) is 24.4 Å². The second-order valence-corrected chi connectivity index (χ2v) is 4.24. The van der Waals surface area contributed by atoms with Gasteiger partial charge in [-0.2, -0.15) is 13.2 Å². The van der Waals surface area contributed by atoms with Crippen molar-refractivity contribution in [2.75, 3.05) is 7.05 Å². The fraction of sp³-hybridized carbons (Fsp3) is 0.200. The number of hydrogen-bond donors (Lipinski definition) is 1. The predicted octanol–water partition coefficient (Wildman–Crippen LogP) is 3.70. The van der Waals surface area contributed by atoms with Gasteiger partial charge in [-0.3, -0.25) is 0 Å². The summed E-state index contributed by atoms with van der Waals surface area (Å²) in [5, 5.41) is 1.07. The lowest BCUT2D eigenvalue weighted by Crippen LogP contribution is -2.22. The Balaban J connectivity index is 3.33. The van der Waals surface area contributed by atoms with Gasteiger partial charge in [0.2, 0.25) is 0 Å². The number of nitrogens with zero attached hydrogens (tertiary/aromatic N) is 1. The van der Waals surface area contributed by atoms with Gasteiger partial charge in [0, 0.05) is 23.3 Å². The van der Waals surface area contributed by atoms with Crippen LogP contribution in [0.4, 0.5) is 13.2 Å². The minimum Gasteiger partial charge on any atom is -0.321 e. The number of hydrogen-bond acceptors (Lipinski definition) is 2. The Morgan fingerprint density at radius 1 is 1.24 bits per heavy atom. The van der Waals surface area contributed by atoms with E-state index in [1.54, 1.807) is 0 Å². The van der Waals surface area contributed by atoms with E-state index in [0.717, 1.165) is 11.2 Å². The highest BCUT2D eigenvalue weighted by molar-refractivity contribution is 6.34. The molecule has 0 radical (unpaired) electrons. The van der Waals surface area contributed by atoms with E-state index in [1.807, 2.05) is 0 Å². The van der Waals surface area contributed by atoms with Crippen LogP contribution >= 0.6 is 23.2 Å². The molecule has 7 heteroatoms. The molecule has 0 heterocycles. The van der Waals surface area contributed by atoms with Crippen LogP contribution in [0.2, 0.25) is 10.0 Å². The Labute approximate surface area is 106 Å². The van der Waals surface area contributed by atoms with Crippen molar-refractivity contribution < 1.29 is 13.2 Å². The Morgan fingerprint density at radius 3 is 2.06 bits per heavy atom. The average Bonchev–Trinajstić information content (AvgIpc) is 2.10. The van der Waals surface area contributed by atoms with Crippen molar-refractivity contribution in [3.8, 4) is 0 Å². The zero-order valence-corrected chi connectivity index (χ0v) is 10.2. The molecule has 0 unspecified atom stereocenters. The maximum absolute atomic E-state index is 12.8. The molecule has 1 aromatic rings. The van der Waals surface area contributed by atoms with E-state index < -0.39 is 11.7 Å². The summed E-state index contributed by atoms with van der Waals surface area (Å²) in [6.07, 6.45) is -3.77. The molecule has 17 heavy (non-hydrogen) atoms. The molecule has 1 rings (SSSR count). The standard InChI is InChI=1S/C10H9Cl2F3N2/c1-17(16)5-9(10(13,14)15)6-2-7(11)4-8(12)3-6/h2-5H,16H2,1H3. The van der Waals surface area contributed by atoms with Gasteiger partial charge in [-0.15, -0.1) is 0 Å². The SMILES string of the molecule is CN(N)C=C(c1cc(Cl)cc(Cl)c1)C(F)(F)F. The van der Waals surface area contributed by atoms with Gasteiger partial charge in [-0.1, -0.05) is 23.2 Å². The van der Waals surface area contributed by atoms with Gasteiger partial charge in [-0.25, -0.2) is 5.84 Å². The molecule has 1 aromatic carbocycles. The fourth-order valence-corrected chi connectivity index (χ4v) is 1.75. The van der Waals surface area contributed by atoms with E-state index in [1.165, 1.54) is 25.2 Å². The Bertz CT molecular complexity index is 421. The second kappa shape index (κ2) is 5.16. The number of benzene rings is 1. The first-order chi connectivity index (χ1) is 7.70. The zero-order chi connectivity index (χ0) is 13.2.